The highest BCUT2D eigenvalue weighted by molar-refractivity contribution is 5.92. The van der Waals surface area contributed by atoms with Gasteiger partial charge in [0.1, 0.15) is 0 Å². The normalized spacial score (nSPS) is 14.1. The summed E-state index contributed by atoms with van der Waals surface area (Å²) in [4.78, 5) is 24.8. The van der Waals surface area contributed by atoms with Gasteiger partial charge in [-0.05, 0) is 13.0 Å². The fourth-order valence-corrected chi connectivity index (χ4v) is 1.22. The number of rotatable bonds is 2. The van der Waals surface area contributed by atoms with Gasteiger partial charge in [0.25, 0.3) is 0 Å². The van der Waals surface area contributed by atoms with Crippen LogP contribution in [0.2, 0.25) is 0 Å². The van der Waals surface area contributed by atoms with Crippen molar-refractivity contribution in [3.8, 4) is 0 Å². The highest BCUT2D eigenvalue weighted by atomic mass is 16.5. The molecule has 102 valence electrons. The van der Waals surface area contributed by atoms with E-state index in [1.807, 2.05) is 0 Å². The fraction of sp³-hybridized carbons (Fsp3) is 0.538. The van der Waals surface area contributed by atoms with Crippen LogP contribution in [-0.2, 0) is 14.3 Å². The Labute approximate surface area is 109 Å². The molecule has 5 nitrogen and oxygen atoms in total. The molecule has 0 saturated carbocycles. The molecule has 1 saturated heterocycles. The molecule has 0 radical (unpaired) electrons. The standard InChI is InChI=1S/C8H13NO2.C5H9NO/c1-7(2)8(10)9-3-5-11-6-4-9;1-4-5(7)6(2)3/h1,3-6H2,2H3;4H,1H2,2-3H3. The molecule has 0 bridgehead atoms. The number of carbonyl (C=O) groups excluding carboxylic acids is 2. The average Bonchev–Trinajstić information content (AvgIpc) is 2.38. The van der Waals surface area contributed by atoms with Gasteiger partial charge in [-0.3, -0.25) is 9.59 Å². The summed E-state index contributed by atoms with van der Waals surface area (Å²) in [7, 11) is 3.37. The maximum absolute atomic E-state index is 11.3. The lowest BCUT2D eigenvalue weighted by Crippen LogP contribution is -2.40. The van der Waals surface area contributed by atoms with Crippen molar-refractivity contribution >= 4 is 11.8 Å². The van der Waals surface area contributed by atoms with E-state index in [0.29, 0.717) is 31.9 Å². The molecule has 2 amide bonds. The third kappa shape index (κ3) is 6.20. The smallest absolute Gasteiger partial charge is 0.249 e. The summed E-state index contributed by atoms with van der Waals surface area (Å²) in [6.07, 6.45) is 1.28. The molecule has 1 aliphatic heterocycles. The monoisotopic (exact) mass is 254 g/mol. The minimum atomic E-state index is -0.0556. The van der Waals surface area contributed by atoms with Crippen LogP contribution in [0.4, 0.5) is 0 Å². The quantitative estimate of drug-likeness (QED) is 0.681. The minimum Gasteiger partial charge on any atom is -0.378 e. The van der Waals surface area contributed by atoms with Gasteiger partial charge in [0.15, 0.2) is 0 Å². The number of ether oxygens (including phenoxy) is 1. The van der Waals surface area contributed by atoms with Crippen LogP contribution in [0.5, 0.6) is 0 Å². The maximum Gasteiger partial charge on any atom is 0.249 e. The van der Waals surface area contributed by atoms with Crippen molar-refractivity contribution in [2.75, 3.05) is 40.4 Å². The lowest BCUT2D eigenvalue weighted by molar-refractivity contribution is -0.131. The number of carbonyl (C=O) groups is 2. The van der Waals surface area contributed by atoms with Crippen molar-refractivity contribution < 1.29 is 14.3 Å². The van der Waals surface area contributed by atoms with Crippen LogP contribution in [-0.4, -0.2) is 62.0 Å². The second-order valence-corrected chi connectivity index (χ2v) is 4.12. The summed E-state index contributed by atoms with van der Waals surface area (Å²) >= 11 is 0. The Bertz CT molecular complexity index is 318. The summed E-state index contributed by atoms with van der Waals surface area (Å²) in [5.41, 5.74) is 0.604. The van der Waals surface area contributed by atoms with Gasteiger partial charge in [-0.1, -0.05) is 13.2 Å². The topological polar surface area (TPSA) is 49.9 Å². The first kappa shape index (κ1) is 16.4. The molecule has 0 aromatic carbocycles. The van der Waals surface area contributed by atoms with Crippen LogP contribution in [0.1, 0.15) is 6.92 Å². The number of morpholine rings is 1. The first-order chi connectivity index (χ1) is 8.40. The molecule has 18 heavy (non-hydrogen) atoms. The Hall–Kier alpha value is -1.62. The molecule has 1 rings (SSSR count). The molecule has 0 spiro atoms. The van der Waals surface area contributed by atoms with E-state index in [1.54, 1.807) is 25.9 Å². The Morgan fingerprint density at radius 2 is 1.78 bits per heavy atom. The maximum atomic E-state index is 11.3. The van der Waals surface area contributed by atoms with E-state index in [2.05, 4.69) is 13.2 Å². The van der Waals surface area contributed by atoms with Crippen LogP contribution in [0.3, 0.4) is 0 Å². The summed E-state index contributed by atoms with van der Waals surface area (Å²) < 4.78 is 5.11. The first-order valence-corrected chi connectivity index (χ1v) is 5.76. The molecule has 1 aliphatic rings. The highest BCUT2D eigenvalue weighted by Gasteiger charge is 2.16. The highest BCUT2D eigenvalue weighted by Crippen LogP contribution is 2.02. The molecule has 0 atom stereocenters. The lowest BCUT2D eigenvalue weighted by atomic mass is 10.3. The number of hydrogen-bond donors (Lipinski definition) is 0. The predicted molar refractivity (Wildman–Crippen MR) is 71.1 cm³/mol. The number of amides is 2. The van der Waals surface area contributed by atoms with Gasteiger partial charge in [0, 0.05) is 32.8 Å². The molecule has 5 heteroatoms. The Morgan fingerprint density at radius 3 is 2.06 bits per heavy atom. The predicted octanol–water partition coefficient (Wildman–Crippen LogP) is 0.682. The van der Waals surface area contributed by atoms with Crippen LogP contribution in [0.15, 0.2) is 24.8 Å². The zero-order valence-corrected chi connectivity index (χ0v) is 11.4. The molecular formula is C13H22N2O3. The summed E-state index contributed by atoms with van der Waals surface area (Å²) in [6, 6.07) is 0. The Morgan fingerprint density at radius 1 is 1.28 bits per heavy atom. The summed E-state index contributed by atoms with van der Waals surface area (Å²) in [5, 5.41) is 0. The van der Waals surface area contributed by atoms with Gasteiger partial charge < -0.3 is 14.5 Å². The van der Waals surface area contributed by atoms with Crippen LogP contribution in [0.25, 0.3) is 0 Å². The van der Waals surface area contributed by atoms with Crippen molar-refractivity contribution in [2.24, 2.45) is 0 Å². The molecule has 0 unspecified atom stereocenters. The number of likely N-dealkylation sites (N-methyl/N-ethyl adjacent to an activating group) is 1. The van der Waals surface area contributed by atoms with Crippen molar-refractivity contribution in [2.45, 2.75) is 6.92 Å². The second kappa shape index (κ2) is 8.47. The van der Waals surface area contributed by atoms with E-state index in [0.717, 1.165) is 0 Å². The van der Waals surface area contributed by atoms with Gasteiger partial charge in [0.2, 0.25) is 11.8 Å². The zero-order chi connectivity index (χ0) is 14.1. The molecular weight excluding hydrogens is 232 g/mol. The SMILES string of the molecule is C=C(C)C(=O)N1CCOCC1.C=CC(=O)N(C)C. The average molecular weight is 254 g/mol. The van der Waals surface area contributed by atoms with Crippen LogP contribution >= 0.6 is 0 Å². The largest absolute Gasteiger partial charge is 0.378 e. The Kier molecular flexibility index (Phi) is 7.71. The molecule has 0 N–H and O–H groups in total. The lowest BCUT2D eigenvalue weighted by Gasteiger charge is -2.26. The molecule has 1 fully saturated rings. The fourth-order valence-electron chi connectivity index (χ4n) is 1.22. The molecule has 0 aliphatic carbocycles. The third-order valence-corrected chi connectivity index (χ3v) is 2.28. The van der Waals surface area contributed by atoms with E-state index in [4.69, 9.17) is 4.74 Å². The van der Waals surface area contributed by atoms with E-state index in [1.165, 1.54) is 11.0 Å². The van der Waals surface area contributed by atoms with Gasteiger partial charge in [-0.25, -0.2) is 0 Å². The van der Waals surface area contributed by atoms with Gasteiger partial charge in [0.05, 0.1) is 13.2 Å². The van der Waals surface area contributed by atoms with Gasteiger partial charge in [-0.15, -0.1) is 0 Å². The van der Waals surface area contributed by atoms with Crippen molar-refractivity contribution in [1.82, 2.24) is 9.80 Å². The van der Waals surface area contributed by atoms with Gasteiger partial charge >= 0.3 is 0 Å². The summed E-state index contributed by atoms with van der Waals surface area (Å²) in [6.45, 7) is 11.3. The number of nitrogens with zero attached hydrogens (tertiary/aromatic N) is 2. The van der Waals surface area contributed by atoms with E-state index in [9.17, 15) is 9.59 Å². The van der Waals surface area contributed by atoms with Crippen LogP contribution < -0.4 is 0 Å². The van der Waals surface area contributed by atoms with Crippen molar-refractivity contribution in [3.05, 3.63) is 24.8 Å². The second-order valence-electron chi connectivity index (χ2n) is 4.12. The van der Waals surface area contributed by atoms with E-state index in [-0.39, 0.29) is 11.8 Å². The van der Waals surface area contributed by atoms with E-state index >= 15 is 0 Å². The van der Waals surface area contributed by atoms with Crippen LogP contribution in [0, 0.1) is 0 Å². The van der Waals surface area contributed by atoms with E-state index < -0.39 is 0 Å². The van der Waals surface area contributed by atoms with Crippen molar-refractivity contribution in [3.63, 3.8) is 0 Å². The van der Waals surface area contributed by atoms with Crippen molar-refractivity contribution in [1.29, 1.82) is 0 Å². The zero-order valence-electron chi connectivity index (χ0n) is 11.4. The Balaban J connectivity index is 0.000000360. The molecule has 0 aromatic rings. The minimum absolute atomic E-state index is 0.0494. The summed E-state index contributed by atoms with van der Waals surface area (Å²) in [5.74, 6) is -0.00620. The molecule has 0 aromatic heterocycles. The van der Waals surface area contributed by atoms with Gasteiger partial charge in [-0.2, -0.15) is 0 Å². The third-order valence-electron chi connectivity index (χ3n) is 2.28. The molecule has 1 heterocycles. The first-order valence-electron chi connectivity index (χ1n) is 5.76. The number of hydrogen-bond acceptors (Lipinski definition) is 3.